The van der Waals surface area contributed by atoms with Gasteiger partial charge >= 0.3 is 0 Å². The van der Waals surface area contributed by atoms with Crippen LogP contribution in [-0.4, -0.2) is 11.8 Å². The van der Waals surface area contributed by atoms with Crippen molar-refractivity contribution in [1.29, 1.82) is 0 Å². The number of nitrogens with two attached hydrogens (primary N) is 1. The molecule has 0 radical (unpaired) electrons. The average molecular weight is 149 g/mol. The quantitative estimate of drug-likeness (QED) is 0.576. The van der Waals surface area contributed by atoms with Crippen LogP contribution in [0.25, 0.3) is 0 Å². The van der Waals surface area contributed by atoms with Crippen molar-refractivity contribution in [2.45, 2.75) is 27.2 Å². The summed E-state index contributed by atoms with van der Waals surface area (Å²) in [7, 11) is 0. The van der Waals surface area contributed by atoms with Crippen molar-refractivity contribution < 1.29 is 4.74 Å². The van der Waals surface area contributed by atoms with Gasteiger partial charge in [-0.15, -0.1) is 0 Å². The van der Waals surface area contributed by atoms with Crippen molar-refractivity contribution >= 4 is 17.4 Å². The summed E-state index contributed by atoms with van der Waals surface area (Å²) in [6.07, 6.45) is 1.25. The van der Waals surface area contributed by atoms with E-state index >= 15 is 0 Å². The third-order valence-corrected chi connectivity index (χ3v) is 0.404. The molecule has 0 unspecified atom stereocenters. The van der Waals surface area contributed by atoms with Crippen LogP contribution in [0.1, 0.15) is 27.2 Å². The molecule has 56 valence electrons. The Morgan fingerprint density at radius 2 is 1.78 bits per heavy atom. The van der Waals surface area contributed by atoms with Crippen molar-refractivity contribution in [3.8, 4) is 0 Å². The van der Waals surface area contributed by atoms with Gasteiger partial charge in [-0.05, 0) is 19.1 Å². The van der Waals surface area contributed by atoms with Crippen LogP contribution >= 0.6 is 12.2 Å². The van der Waals surface area contributed by atoms with Gasteiger partial charge < -0.3 is 10.5 Å². The van der Waals surface area contributed by atoms with Crippen molar-refractivity contribution in [2.24, 2.45) is 5.73 Å². The number of rotatable bonds is 1. The monoisotopic (exact) mass is 149 g/mol. The number of thiocarbonyl (C=S) groups is 1. The molecule has 0 heterocycles. The van der Waals surface area contributed by atoms with Crippen LogP contribution in [-0.2, 0) is 4.74 Å². The highest BCUT2D eigenvalue weighted by molar-refractivity contribution is 7.80. The van der Waals surface area contributed by atoms with Gasteiger partial charge in [0.05, 0.1) is 6.61 Å². The Morgan fingerprint density at radius 3 is 1.78 bits per heavy atom. The van der Waals surface area contributed by atoms with E-state index in [1.807, 2.05) is 6.92 Å². The van der Waals surface area contributed by atoms with Crippen LogP contribution in [0.2, 0.25) is 0 Å². The van der Waals surface area contributed by atoms with E-state index in [2.05, 4.69) is 30.8 Å². The fourth-order valence-corrected chi connectivity index (χ4v) is 0.260. The van der Waals surface area contributed by atoms with Crippen LogP contribution < -0.4 is 5.73 Å². The molecule has 0 spiro atoms. The van der Waals surface area contributed by atoms with E-state index in [-0.39, 0.29) is 5.17 Å². The summed E-state index contributed by atoms with van der Waals surface area (Å²) >= 11 is 4.35. The summed E-state index contributed by atoms with van der Waals surface area (Å²) in [4.78, 5) is 0. The van der Waals surface area contributed by atoms with Crippen molar-refractivity contribution in [2.75, 3.05) is 6.61 Å². The van der Waals surface area contributed by atoms with E-state index in [1.165, 1.54) is 6.42 Å². The molecule has 9 heavy (non-hydrogen) atoms. The van der Waals surface area contributed by atoms with Gasteiger partial charge in [0, 0.05) is 0 Å². The molecule has 0 bridgehead atoms. The molecule has 0 saturated heterocycles. The largest absolute Gasteiger partial charge is 0.472 e. The van der Waals surface area contributed by atoms with Crippen LogP contribution in [0.15, 0.2) is 0 Å². The molecule has 0 aromatic carbocycles. The van der Waals surface area contributed by atoms with Gasteiger partial charge in [-0.25, -0.2) is 0 Å². The summed E-state index contributed by atoms with van der Waals surface area (Å²) in [6.45, 7) is 6.65. The van der Waals surface area contributed by atoms with Crippen LogP contribution in [0.5, 0.6) is 0 Å². The molecule has 0 aliphatic heterocycles. The van der Waals surface area contributed by atoms with Gasteiger partial charge in [0.25, 0.3) is 5.17 Å². The Kier molecular flexibility index (Phi) is 13.6. The van der Waals surface area contributed by atoms with Gasteiger partial charge in [-0.3, -0.25) is 0 Å². The second-order valence-electron chi connectivity index (χ2n) is 1.46. The Bertz CT molecular complexity index is 66.1. The molecular weight excluding hydrogens is 134 g/mol. The summed E-state index contributed by atoms with van der Waals surface area (Å²) in [6, 6.07) is 0. The highest BCUT2D eigenvalue weighted by atomic mass is 32.1. The predicted octanol–water partition coefficient (Wildman–Crippen LogP) is 1.68. The molecule has 0 aromatic rings. The second-order valence-corrected chi connectivity index (χ2v) is 1.86. The molecule has 0 aromatic heterocycles. The van der Waals surface area contributed by atoms with Gasteiger partial charge in [-0.2, -0.15) is 0 Å². The zero-order valence-electron chi connectivity index (χ0n) is 6.31. The van der Waals surface area contributed by atoms with E-state index in [0.29, 0.717) is 6.61 Å². The van der Waals surface area contributed by atoms with E-state index in [4.69, 9.17) is 5.73 Å². The lowest BCUT2D eigenvalue weighted by Crippen LogP contribution is -2.11. The van der Waals surface area contributed by atoms with Gasteiger partial charge in [0.1, 0.15) is 0 Å². The van der Waals surface area contributed by atoms with Crippen molar-refractivity contribution in [3.05, 3.63) is 0 Å². The number of hydrogen-bond acceptors (Lipinski definition) is 2. The minimum atomic E-state index is 0.123. The molecular formula is C6H15NOS. The smallest absolute Gasteiger partial charge is 0.253 e. The van der Waals surface area contributed by atoms with E-state index in [1.54, 1.807) is 0 Å². The highest BCUT2D eigenvalue weighted by Crippen LogP contribution is 1.67. The summed E-state index contributed by atoms with van der Waals surface area (Å²) in [5, 5.41) is 0.123. The van der Waals surface area contributed by atoms with E-state index < -0.39 is 0 Å². The number of ether oxygens (including phenoxy) is 1. The Balaban J connectivity index is 0. The van der Waals surface area contributed by atoms with Crippen LogP contribution in [0.3, 0.4) is 0 Å². The standard InChI is InChI=1S/C3H7NOS.C3H8/c1-2-5-3(4)6;1-3-2/h2H2,1H3,(H2,4,6);3H2,1-2H3. The molecule has 2 N–H and O–H groups in total. The van der Waals surface area contributed by atoms with E-state index in [0.717, 1.165) is 0 Å². The maximum absolute atomic E-state index is 4.91. The Labute approximate surface area is 62.4 Å². The first kappa shape index (κ1) is 11.5. The topological polar surface area (TPSA) is 35.2 Å². The van der Waals surface area contributed by atoms with Crippen LogP contribution in [0.4, 0.5) is 0 Å². The SMILES string of the molecule is CCC.CCOC(N)=S. The third kappa shape index (κ3) is 34.4. The predicted molar refractivity (Wildman–Crippen MR) is 44.4 cm³/mol. The molecule has 0 amide bonds. The van der Waals surface area contributed by atoms with Gasteiger partial charge in [0.2, 0.25) is 0 Å². The van der Waals surface area contributed by atoms with E-state index in [9.17, 15) is 0 Å². The average Bonchev–Trinajstić information content (AvgIpc) is 1.67. The first-order valence-electron chi connectivity index (χ1n) is 3.11. The van der Waals surface area contributed by atoms with Crippen molar-refractivity contribution in [1.82, 2.24) is 0 Å². The lowest BCUT2D eigenvalue weighted by molar-refractivity contribution is 0.331. The molecule has 0 atom stereocenters. The maximum atomic E-state index is 4.91. The normalized spacial score (nSPS) is 7.00. The molecule has 0 saturated carbocycles. The fourth-order valence-electron chi connectivity index (χ4n) is 0.142. The van der Waals surface area contributed by atoms with Gasteiger partial charge in [0.15, 0.2) is 0 Å². The molecule has 0 fully saturated rings. The number of hydrogen-bond donors (Lipinski definition) is 1. The summed E-state index contributed by atoms with van der Waals surface area (Å²) < 4.78 is 4.55. The van der Waals surface area contributed by atoms with Gasteiger partial charge in [-0.1, -0.05) is 20.3 Å². The van der Waals surface area contributed by atoms with Crippen molar-refractivity contribution in [3.63, 3.8) is 0 Å². The molecule has 2 nitrogen and oxygen atoms in total. The maximum Gasteiger partial charge on any atom is 0.253 e. The lowest BCUT2D eigenvalue weighted by Gasteiger charge is -1.93. The second kappa shape index (κ2) is 10.6. The zero-order valence-corrected chi connectivity index (χ0v) is 7.12. The summed E-state index contributed by atoms with van der Waals surface area (Å²) in [5.74, 6) is 0. The molecule has 0 aliphatic carbocycles. The lowest BCUT2D eigenvalue weighted by atomic mass is 10.6. The highest BCUT2D eigenvalue weighted by Gasteiger charge is 1.76. The third-order valence-electron chi connectivity index (χ3n) is 0.287. The first-order valence-corrected chi connectivity index (χ1v) is 3.52. The molecule has 3 heteroatoms. The minimum absolute atomic E-state index is 0.123. The van der Waals surface area contributed by atoms with Crippen LogP contribution in [0, 0.1) is 0 Å². The zero-order chi connectivity index (χ0) is 7.70. The Morgan fingerprint density at radius 1 is 1.44 bits per heavy atom. The molecule has 0 aliphatic rings. The first-order chi connectivity index (χ1) is 4.18. The molecule has 0 rings (SSSR count). The summed E-state index contributed by atoms with van der Waals surface area (Å²) in [5.41, 5.74) is 4.91. The Hall–Kier alpha value is -0.310. The minimum Gasteiger partial charge on any atom is -0.472 e. The fraction of sp³-hybridized carbons (Fsp3) is 0.833.